The zero-order valence-electron chi connectivity index (χ0n) is 10.1. The molecule has 0 saturated carbocycles. The van der Waals surface area contributed by atoms with Crippen molar-refractivity contribution in [2.45, 2.75) is 12.5 Å². The molecule has 0 amide bonds. The third kappa shape index (κ3) is 2.74. The van der Waals surface area contributed by atoms with Gasteiger partial charge in [-0.2, -0.15) is 0 Å². The zero-order chi connectivity index (χ0) is 11.4. The first-order valence-corrected chi connectivity index (χ1v) is 5.83. The number of likely N-dealkylation sites (N-methyl/N-ethyl adjacent to an activating group) is 1. The predicted molar refractivity (Wildman–Crippen MR) is 66.0 cm³/mol. The maximum Gasteiger partial charge on any atom is 0.122 e. The number of nitrogens with zero attached hydrogens (tertiary/aromatic N) is 1. The van der Waals surface area contributed by atoms with Gasteiger partial charge in [0.25, 0.3) is 0 Å². The second kappa shape index (κ2) is 5.32. The number of ether oxygens (including phenoxy) is 1. The fraction of sp³-hybridized carbons (Fsp3) is 0.538. The van der Waals surface area contributed by atoms with Crippen molar-refractivity contribution in [2.75, 3.05) is 33.8 Å². The Morgan fingerprint density at radius 1 is 1.44 bits per heavy atom. The van der Waals surface area contributed by atoms with Gasteiger partial charge in [0.15, 0.2) is 0 Å². The maximum atomic E-state index is 5.37. The van der Waals surface area contributed by atoms with Gasteiger partial charge in [-0.3, -0.25) is 0 Å². The van der Waals surface area contributed by atoms with E-state index in [2.05, 4.69) is 29.4 Å². The summed E-state index contributed by atoms with van der Waals surface area (Å²) in [6.07, 6.45) is 1.04. The van der Waals surface area contributed by atoms with Crippen molar-refractivity contribution in [3.63, 3.8) is 0 Å². The molecule has 3 heteroatoms. The van der Waals surface area contributed by atoms with Gasteiger partial charge in [0.05, 0.1) is 7.11 Å². The summed E-state index contributed by atoms with van der Waals surface area (Å²) in [5.41, 5.74) is 1.29. The Balaban J connectivity index is 2.02. The van der Waals surface area contributed by atoms with Crippen LogP contribution in [0.5, 0.6) is 5.75 Å². The molecule has 2 rings (SSSR count). The van der Waals surface area contributed by atoms with Gasteiger partial charge in [-0.1, -0.05) is 18.2 Å². The molecular weight excluding hydrogens is 200 g/mol. The number of hydrogen-bond donors (Lipinski definition) is 1. The Bertz CT molecular complexity index is 340. The van der Waals surface area contributed by atoms with E-state index in [-0.39, 0.29) is 0 Å². The lowest BCUT2D eigenvalue weighted by Crippen LogP contribution is -2.49. The Labute approximate surface area is 97.4 Å². The van der Waals surface area contributed by atoms with E-state index >= 15 is 0 Å². The van der Waals surface area contributed by atoms with Crippen molar-refractivity contribution in [3.05, 3.63) is 29.8 Å². The average Bonchev–Trinajstić information content (AvgIpc) is 2.30. The van der Waals surface area contributed by atoms with Crippen molar-refractivity contribution in [3.8, 4) is 5.75 Å². The highest BCUT2D eigenvalue weighted by Crippen LogP contribution is 2.19. The van der Waals surface area contributed by atoms with Crippen LogP contribution in [0.25, 0.3) is 0 Å². The molecule has 1 aromatic carbocycles. The third-order valence-electron chi connectivity index (χ3n) is 3.12. The molecule has 3 nitrogen and oxygen atoms in total. The van der Waals surface area contributed by atoms with Crippen LogP contribution in [0.1, 0.15) is 5.56 Å². The lowest BCUT2D eigenvalue weighted by molar-refractivity contribution is 0.237. The van der Waals surface area contributed by atoms with E-state index in [1.807, 2.05) is 12.1 Å². The van der Waals surface area contributed by atoms with E-state index in [0.29, 0.717) is 6.04 Å². The molecule has 1 heterocycles. The summed E-state index contributed by atoms with van der Waals surface area (Å²) in [6.45, 7) is 3.33. The molecule has 16 heavy (non-hydrogen) atoms. The van der Waals surface area contributed by atoms with Crippen LogP contribution in [0.15, 0.2) is 24.3 Å². The first-order valence-electron chi connectivity index (χ1n) is 5.83. The number of rotatable bonds is 3. The largest absolute Gasteiger partial charge is 0.496 e. The number of hydrogen-bond acceptors (Lipinski definition) is 3. The van der Waals surface area contributed by atoms with Crippen LogP contribution in [0.4, 0.5) is 0 Å². The van der Waals surface area contributed by atoms with Crippen molar-refractivity contribution in [1.29, 1.82) is 0 Å². The number of piperazine rings is 1. The minimum atomic E-state index is 0.537. The van der Waals surface area contributed by atoms with Gasteiger partial charge < -0.3 is 15.0 Å². The minimum absolute atomic E-state index is 0.537. The maximum absolute atomic E-state index is 5.37. The van der Waals surface area contributed by atoms with E-state index < -0.39 is 0 Å². The Kier molecular flexibility index (Phi) is 3.80. The summed E-state index contributed by atoms with van der Waals surface area (Å²) in [5.74, 6) is 0.998. The van der Waals surface area contributed by atoms with Crippen molar-refractivity contribution >= 4 is 0 Å². The molecule has 1 aliphatic rings. The summed E-state index contributed by atoms with van der Waals surface area (Å²) in [4.78, 5) is 2.37. The van der Waals surface area contributed by atoms with Crippen molar-refractivity contribution < 1.29 is 4.74 Å². The normalized spacial score (nSPS) is 22.0. The summed E-state index contributed by atoms with van der Waals surface area (Å²) in [7, 11) is 3.91. The smallest absolute Gasteiger partial charge is 0.122 e. The van der Waals surface area contributed by atoms with E-state index in [0.717, 1.165) is 31.8 Å². The molecule has 1 aromatic rings. The van der Waals surface area contributed by atoms with Gasteiger partial charge in [0.2, 0.25) is 0 Å². The Hall–Kier alpha value is -1.06. The number of nitrogens with one attached hydrogen (secondary N) is 1. The van der Waals surface area contributed by atoms with E-state index in [1.165, 1.54) is 5.56 Å². The lowest BCUT2D eigenvalue weighted by atomic mass is 10.0. The van der Waals surface area contributed by atoms with Crippen LogP contribution in [-0.2, 0) is 6.42 Å². The van der Waals surface area contributed by atoms with Crippen LogP contribution < -0.4 is 10.1 Å². The molecule has 1 atom stereocenters. The molecule has 0 radical (unpaired) electrons. The van der Waals surface area contributed by atoms with Crippen molar-refractivity contribution in [1.82, 2.24) is 10.2 Å². The third-order valence-corrected chi connectivity index (χ3v) is 3.12. The number of benzene rings is 1. The molecular formula is C13H20N2O. The molecule has 0 spiro atoms. The average molecular weight is 220 g/mol. The van der Waals surface area contributed by atoms with Crippen LogP contribution in [0.3, 0.4) is 0 Å². The topological polar surface area (TPSA) is 24.5 Å². The number of methoxy groups -OCH3 is 1. The summed E-state index contributed by atoms with van der Waals surface area (Å²) in [6, 6.07) is 8.81. The first-order chi connectivity index (χ1) is 7.79. The second-order valence-corrected chi connectivity index (χ2v) is 4.43. The zero-order valence-corrected chi connectivity index (χ0v) is 10.1. The first kappa shape index (κ1) is 11.4. The van der Waals surface area contributed by atoms with Crippen LogP contribution in [-0.4, -0.2) is 44.7 Å². The Morgan fingerprint density at radius 2 is 2.25 bits per heavy atom. The van der Waals surface area contributed by atoms with E-state index in [9.17, 15) is 0 Å². The molecule has 1 aliphatic heterocycles. The summed E-state index contributed by atoms with van der Waals surface area (Å²) < 4.78 is 5.37. The van der Waals surface area contributed by atoms with Gasteiger partial charge >= 0.3 is 0 Å². The fourth-order valence-electron chi connectivity index (χ4n) is 2.27. The highest BCUT2D eigenvalue weighted by Gasteiger charge is 2.17. The molecule has 0 aromatic heterocycles. The highest BCUT2D eigenvalue weighted by atomic mass is 16.5. The highest BCUT2D eigenvalue weighted by molar-refractivity contribution is 5.33. The lowest BCUT2D eigenvalue weighted by Gasteiger charge is -2.31. The second-order valence-electron chi connectivity index (χ2n) is 4.43. The van der Waals surface area contributed by atoms with Crippen LogP contribution in [0, 0.1) is 0 Å². The summed E-state index contributed by atoms with van der Waals surface area (Å²) >= 11 is 0. The quantitative estimate of drug-likeness (QED) is 0.827. The molecule has 1 saturated heterocycles. The van der Waals surface area contributed by atoms with Gasteiger partial charge in [-0.15, -0.1) is 0 Å². The fourth-order valence-corrected chi connectivity index (χ4v) is 2.27. The van der Waals surface area contributed by atoms with Gasteiger partial charge in [-0.05, 0) is 25.1 Å². The molecule has 0 bridgehead atoms. The Morgan fingerprint density at radius 3 is 3.00 bits per heavy atom. The van der Waals surface area contributed by atoms with Gasteiger partial charge in [0.1, 0.15) is 5.75 Å². The van der Waals surface area contributed by atoms with E-state index in [1.54, 1.807) is 7.11 Å². The molecule has 1 fully saturated rings. The molecule has 1 N–H and O–H groups in total. The number of para-hydroxylation sites is 1. The predicted octanol–water partition coefficient (Wildman–Crippen LogP) is 1.14. The molecule has 0 aliphatic carbocycles. The monoisotopic (exact) mass is 220 g/mol. The van der Waals surface area contributed by atoms with Crippen molar-refractivity contribution in [2.24, 2.45) is 0 Å². The van der Waals surface area contributed by atoms with Gasteiger partial charge in [0, 0.05) is 25.7 Å². The van der Waals surface area contributed by atoms with Crippen LogP contribution >= 0.6 is 0 Å². The summed E-state index contributed by atoms with van der Waals surface area (Å²) in [5, 5.41) is 3.55. The van der Waals surface area contributed by atoms with Crippen LogP contribution in [0.2, 0.25) is 0 Å². The molecule has 88 valence electrons. The van der Waals surface area contributed by atoms with E-state index in [4.69, 9.17) is 4.74 Å². The minimum Gasteiger partial charge on any atom is -0.496 e. The SMILES string of the molecule is COc1ccccc1CC1CN(C)CCN1. The standard InChI is InChI=1S/C13H20N2O/c1-15-8-7-14-12(10-15)9-11-5-3-4-6-13(11)16-2/h3-6,12,14H,7-10H2,1-2H3. The van der Waals surface area contributed by atoms with Gasteiger partial charge in [-0.25, -0.2) is 0 Å². The molecule has 1 unspecified atom stereocenters.